The van der Waals surface area contributed by atoms with Gasteiger partial charge in [0.2, 0.25) is 0 Å². The topological polar surface area (TPSA) is 140 Å². The molecule has 3 aromatic rings. The molecule has 1 saturated heterocycles. The van der Waals surface area contributed by atoms with E-state index in [0.29, 0.717) is 29.4 Å². The van der Waals surface area contributed by atoms with Crippen LogP contribution in [0.25, 0.3) is 0 Å². The van der Waals surface area contributed by atoms with E-state index >= 15 is 0 Å². The maximum atomic E-state index is 14.5. The van der Waals surface area contributed by atoms with Crippen molar-refractivity contribution in [2.45, 2.75) is 6.92 Å². The second-order valence-electron chi connectivity index (χ2n) is 7.97. The average Bonchev–Trinajstić information content (AvgIpc) is 3.46. The highest BCUT2D eigenvalue weighted by Gasteiger charge is 2.29. The van der Waals surface area contributed by atoms with Crippen molar-refractivity contribution in [3.8, 4) is 0 Å². The van der Waals surface area contributed by atoms with Crippen LogP contribution in [0.2, 0.25) is 4.34 Å². The molecule has 14 heteroatoms. The van der Waals surface area contributed by atoms with Crippen molar-refractivity contribution in [2.75, 3.05) is 34.1 Å². The maximum absolute atomic E-state index is 14.5. The third-order valence-corrected chi connectivity index (χ3v) is 7.17. The molecule has 2 aromatic carbocycles. The van der Waals surface area contributed by atoms with E-state index in [1.165, 1.54) is 19.1 Å². The fourth-order valence-corrected chi connectivity index (χ4v) is 5.19. The first-order valence-corrected chi connectivity index (χ1v) is 13.5. The maximum Gasteiger partial charge on any atom is 0.289 e. The molecule has 1 aliphatic heterocycles. The van der Waals surface area contributed by atoms with Gasteiger partial charge in [-0.3, -0.25) is 29.4 Å². The van der Waals surface area contributed by atoms with Gasteiger partial charge in [-0.2, -0.15) is 8.42 Å². The van der Waals surface area contributed by atoms with Gasteiger partial charge in [0.15, 0.2) is 5.88 Å². The monoisotopic (exact) mass is 566 g/mol. The van der Waals surface area contributed by atoms with Gasteiger partial charge in [0.25, 0.3) is 28.0 Å². The molecule has 37 heavy (non-hydrogen) atoms. The van der Waals surface area contributed by atoms with E-state index in [9.17, 15) is 27.0 Å². The van der Waals surface area contributed by atoms with Gasteiger partial charge >= 0.3 is 0 Å². The van der Waals surface area contributed by atoms with Crippen molar-refractivity contribution >= 4 is 68.0 Å². The molecule has 2 heterocycles. The van der Waals surface area contributed by atoms with Gasteiger partial charge < -0.3 is 10.1 Å². The SMILES string of the molecule is Cc1cc(N(CS(=O)(=O)O)C(=O)c2ccc(Cl)s2)c(C(=O)Nc2ccc(N3CCOC3=N)cc2)cc1F. The summed E-state index contributed by atoms with van der Waals surface area (Å²) in [6.45, 7) is 2.27. The summed E-state index contributed by atoms with van der Waals surface area (Å²) in [5.41, 5.74) is 0.486. The second-order valence-corrected chi connectivity index (χ2v) is 11.1. The van der Waals surface area contributed by atoms with Gasteiger partial charge in [0.05, 0.1) is 27.0 Å². The van der Waals surface area contributed by atoms with Crippen molar-refractivity contribution in [3.05, 3.63) is 74.7 Å². The van der Waals surface area contributed by atoms with Crippen LogP contribution in [0.5, 0.6) is 0 Å². The normalized spacial score (nSPS) is 13.4. The molecule has 2 amide bonds. The van der Waals surface area contributed by atoms with Crippen LogP contribution in [-0.4, -0.2) is 49.8 Å². The molecule has 0 radical (unpaired) electrons. The lowest BCUT2D eigenvalue weighted by atomic mass is 10.1. The Morgan fingerprint density at radius 3 is 2.51 bits per heavy atom. The number of carbonyl (C=O) groups is 2. The molecule has 0 spiro atoms. The van der Waals surface area contributed by atoms with Crippen LogP contribution in [0.3, 0.4) is 0 Å². The number of nitrogens with one attached hydrogen (secondary N) is 2. The lowest BCUT2D eigenvalue weighted by Crippen LogP contribution is -2.36. The standard InChI is InChI=1S/C23H20ClFN4O6S2/c1-13-10-18(29(12-37(32,33)34)22(31)19-6-7-20(24)36-19)16(11-17(13)25)21(30)27-14-2-4-15(5-3-14)28-8-9-35-23(28)26/h2-7,10-11,26H,8-9,12H2,1H3,(H,27,30)(H,32,33,34). The number of aryl methyl sites for hydroxylation is 1. The number of rotatable bonds is 7. The van der Waals surface area contributed by atoms with Crippen LogP contribution in [0.4, 0.5) is 21.5 Å². The van der Waals surface area contributed by atoms with E-state index in [-0.39, 0.29) is 32.0 Å². The first-order chi connectivity index (χ1) is 17.4. The Morgan fingerprint density at radius 1 is 1.24 bits per heavy atom. The van der Waals surface area contributed by atoms with Crippen LogP contribution >= 0.6 is 22.9 Å². The largest absolute Gasteiger partial charge is 0.463 e. The van der Waals surface area contributed by atoms with Crippen molar-refractivity contribution in [3.63, 3.8) is 0 Å². The molecule has 194 valence electrons. The first kappa shape index (κ1) is 26.5. The van der Waals surface area contributed by atoms with Gasteiger partial charge in [0.1, 0.15) is 12.4 Å². The third kappa shape index (κ3) is 6.07. The summed E-state index contributed by atoms with van der Waals surface area (Å²) in [7, 11) is -4.74. The molecule has 1 aromatic heterocycles. The molecule has 10 nitrogen and oxygen atoms in total. The van der Waals surface area contributed by atoms with E-state index in [4.69, 9.17) is 21.7 Å². The van der Waals surface area contributed by atoms with Crippen LogP contribution in [-0.2, 0) is 14.9 Å². The molecule has 0 saturated carbocycles. The van der Waals surface area contributed by atoms with Gasteiger partial charge in [0, 0.05) is 11.4 Å². The van der Waals surface area contributed by atoms with Crippen molar-refractivity contribution < 1.29 is 31.7 Å². The molecule has 0 bridgehead atoms. The number of amides is 2. The first-order valence-electron chi connectivity index (χ1n) is 10.7. The molecule has 1 fully saturated rings. The lowest BCUT2D eigenvalue weighted by molar-refractivity contribution is 0.0993. The zero-order chi connectivity index (χ0) is 26.9. The van der Waals surface area contributed by atoms with E-state index in [1.807, 2.05) is 0 Å². The van der Waals surface area contributed by atoms with Gasteiger partial charge in [-0.05, 0) is 61.0 Å². The zero-order valence-corrected chi connectivity index (χ0v) is 21.6. The van der Waals surface area contributed by atoms with Crippen molar-refractivity contribution in [1.29, 1.82) is 5.41 Å². The Labute approximate surface area is 220 Å². The number of anilines is 3. The number of hydrogen-bond donors (Lipinski definition) is 3. The summed E-state index contributed by atoms with van der Waals surface area (Å²) in [6.07, 6.45) is 0. The molecule has 0 aliphatic carbocycles. The van der Waals surface area contributed by atoms with Gasteiger partial charge in [-0.15, -0.1) is 11.3 Å². The minimum absolute atomic E-state index is 0.00665. The second kappa shape index (κ2) is 10.5. The zero-order valence-electron chi connectivity index (χ0n) is 19.2. The number of carbonyl (C=O) groups excluding carboxylic acids is 2. The average molecular weight is 567 g/mol. The number of halogens is 2. The summed E-state index contributed by atoms with van der Waals surface area (Å²) in [4.78, 5) is 28.8. The number of amidine groups is 1. The molecule has 0 atom stereocenters. The summed E-state index contributed by atoms with van der Waals surface area (Å²) in [5, 5.41) is 10.4. The van der Waals surface area contributed by atoms with Crippen molar-refractivity contribution in [1.82, 2.24) is 0 Å². The minimum atomic E-state index is -4.74. The number of nitrogens with zero attached hydrogens (tertiary/aromatic N) is 2. The Morgan fingerprint density at radius 2 is 1.95 bits per heavy atom. The Balaban J connectivity index is 1.69. The summed E-state index contributed by atoms with van der Waals surface area (Å²) in [6, 6.07) is 11.3. The fourth-order valence-electron chi connectivity index (χ4n) is 3.62. The van der Waals surface area contributed by atoms with E-state index < -0.39 is 33.6 Å². The van der Waals surface area contributed by atoms with Crippen LogP contribution in [0, 0.1) is 18.2 Å². The van der Waals surface area contributed by atoms with E-state index in [1.54, 1.807) is 29.2 Å². The number of ether oxygens (including phenoxy) is 1. The van der Waals surface area contributed by atoms with Gasteiger partial charge in [-0.1, -0.05) is 11.6 Å². The Kier molecular flexibility index (Phi) is 7.50. The molecule has 0 unspecified atom stereocenters. The molecular formula is C23H20ClFN4O6S2. The number of thiophene rings is 1. The minimum Gasteiger partial charge on any atom is -0.463 e. The van der Waals surface area contributed by atoms with E-state index in [2.05, 4.69) is 5.32 Å². The summed E-state index contributed by atoms with van der Waals surface area (Å²) >= 11 is 6.79. The highest BCUT2D eigenvalue weighted by atomic mass is 35.5. The predicted octanol–water partition coefficient (Wildman–Crippen LogP) is 4.36. The summed E-state index contributed by atoms with van der Waals surface area (Å²) in [5.74, 6) is -3.61. The van der Waals surface area contributed by atoms with Crippen LogP contribution < -0.4 is 15.1 Å². The Hall–Kier alpha value is -3.52. The molecular weight excluding hydrogens is 547 g/mol. The highest BCUT2D eigenvalue weighted by molar-refractivity contribution is 7.85. The quantitative estimate of drug-likeness (QED) is 0.361. The molecule has 3 N–H and O–H groups in total. The number of benzene rings is 2. The smallest absolute Gasteiger partial charge is 0.289 e. The predicted molar refractivity (Wildman–Crippen MR) is 139 cm³/mol. The fraction of sp³-hybridized carbons (Fsp3) is 0.174. The Bertz CT molecular complexity index is 1490. The van der Waals surface area contributed by atoms with Crippen LogP contribution in [0.15, 0.2) is 48.5 Å². The summed E-state index contributed by atoms with van der Waals surface area (Å²) < 4.78 is 53.0. The van der Waals surface area contributed by atoms with Crippen molar-refractivity contribution in [2.24, 2.45) is 0 Å². The van der Waals surface area contributed by atoms with E-state index in [0.717, 1.165) is 23.5 Å². The highest BCUT2D eigenvalue weighted by Crippen LogP contribution is 2.30. The third-order valence-electron chi connectivity index (χ3n) is 5.37. The lowest BCUT2D eigenvalue weighted by Gasteiger charge is -2.24. The van der Waals surface area contributed by atoms with Crippen LogP contribution in [0.1, 0.15) is 25.6 Å². The molecule has 1 aliphatic rings. The molecule has 4 rings (SSSR count). The van der Waals surface area contributed by atoms with Gasteiger partial charge in [-0.25, -0.2) is 4.39 Å². The number of hydrogen-bond acceptors (Lipinski definition) is 7.